The highest BCUT2D eigenvalue weighted by molar-refractivity contribution is 5.85. The SMILES string of the molecule is Cl.NCCc1ccccc1-c1ccccc1OCc1ccccc1. The molecule has 0 saturated carbocycles. The van der Waals surface area contributed by atoms with E-state index in [1.807, 2.05) is 36.4 Å². The zero-order valence-corrected chi connectivity index (χ0v) is 14.3. The van der Waals surface area contributed by atoms with Gasteiger partial charge in [-0.3, -0.25) is 0 Å². The highest BCUT2D eigenvalue weighted by Crippen LogP contribution is 2.32. The predicted octanol–water partition coefficient (Wildman–Crippen LogP) is 4.86. The summed E-state index contributed by atoms with van der Waals surface area (Å²) in [6.45, 7) is 1.21. The van der Waals surface area contributed by atoms with Gasteiger partial charge < -0.3 is 10.5 Å². The molecule has 0 unspecified atom stereocenters. The van der Waals surface area contributed by atoms with Crippen molar-refractivity contribution >= 4 is 12.4 Å². The molecule has 0 aliphatic rings. The molecule has 0 fully saturated rings. The predicted molar refractivity (Wildman–Crippen MR) is 103 cm³/mol. The molecule has 0 aromatic heterocycles. The second-order valence-electron chi connectivity index (χ2n) is 5.47. The van der Waals surface area contributed by atoms with Gasteiger partial charge in [0.15, 0.2) is 0 Å². The van der Waals surface area contributed by atoms with Crippen LogP contribution in [0.2, 0.25) is 0 Å². The van der Waals surface area contributed by atoms with Gasteiger partial charge in [0, 0.05) is 5.56 Å². The fraction of sp³-hybridized carbons (Fsp3) is 0.143. The molecular formula is C21H22ClNO. The van der Waals surface area contributed by atoms with Crippen molar-refractivity contribution in [3.8, 4) is 16.9 Å². The summed E-state index contributed by atoms with van der Waals surface area (Å²) in [5.74, 6) is 0.904. The number of benzene rings is 3. The van der Waals surface area contributed by atoms with Crippen LogP contribution in [-0.4, -0.2) is 6.54 Å². The summed E-state index contributed by atoms with van der Waals surface area (Å²) in [6.07, 6.45) is 0.864. The van der Waals surface area contributed by atoms with Crippen LogP contribution in [0.25, 0.3) is 11.1 Å². The van der Waals surface area contributed by atoms with Crippen LogP contribution in [0.5, 0.6) is 5.75 Å². The number of ether oxygens (including phenoxy) is 1. The number of hydrogen-bond donors (Lipinski definition) is 1. The molecule has 0 heterocycles. The molecule has 2 nitrogen and oxygen atoms in total. The number of halogens is 1. The lowest BCUT2D eigenvalue weighted by molar-refractivity contribution is 0.307. The third-order valence-electron chi connectivity index (χ3n) is 3.85. The molecule has 0 aliphatic heterocycles. The van der Waals surface area contributed by atoms with Crippen LogP contribution in [0, 0.1) is 0 Å². The Balaban J connectivity index is 0.00000208. The van der Waals surface area contributed by atoms with Gasteiger partial charge in [-0.2, -0.15) is 0 Å². The molecule has 3 aromatic rings. The van der Waals surface area contributed by atoms with E-state index in [0.29, 0.717) is 13.2 Å². The Morgan fingerprint density at radius 2 is 1.33 bits per heavy atom. The van der Waals surface area contributed by atoms with Crippen molar-refractivity contribution in [1.82, 2.24) is 0 Å². The van der Waals surface area contributed by atoms with E-state index in [0.717, 1.165) is 23.3 Å². The molecule has 0 bridgehead atoms. The third kappa shape index (κ3) is 4.38. The highest BCUT2D eigenvalue weighted by Gasteiger charge is 2.09. The average molecular weight is 340 g/mol. The Hall–Kier alpha value is -2.29. The molecule has 0 aliphatic carbocycles. The van der Waals surface area contributed by atoms with Crippen molar-refractivity contribution < 1.29 is 4.74 Å². The van der Waals surface area contributed by atoms with Crippen molar-refractivity contribution in [2.24, 2.45) is 5.73 Å². The van der Waals surface area contributed by atoms with Crippen LogP contribution in [0.1, 0.15) is 11.1 Å². The van der Waals surface area contributed by atoms with Crippen LogP contribution in [0.15, 0.2) is 78.9 Å². The van der Waals surface area contributed by atoms with E-state index in [1.165, 1.54) is 11.1 Å². The van der Waals surface area contributed by atoms with Crippen molar-refractivity contribution in [3.05, 3.63) is 90.0 Å². The smallest absolute Gasteiger partial charge is 0.127 e. The first kappa shape index (κ1) is 18.1. The van der Waals surface area contributed by atoms with Gasteiger partial charge in [-0.1, -0.05) is 72.8 Å². The van der Waals surface area contributed by atoms with E-state index in [1.54, 1.807) is 0 Å². The molecular weight excluding hydrogens is 318 g/mol. The van der Waals surface area contributed by atoms with Gasteiger partial charge in [-0.15, -0.1) is 12.4 Å². The minimum absolute atomic E-state index is 0. The van der Waals surface area contributed by atoms with Crippen molar-refractivity contribution in [1.29, 1.82) is 0 Å². The maximum atomic E-state index is 6.08. The van der Waals surface area contributed by atoms with Crippen LogP contribution in [-0.2, 0) is 13.0 Å². The van der Waals surface area contributed by atoms with Gasteiger partial charge in [0.2, 0.25) is 0 Å². The molecule has 0 amide bonds. The first-order valence-electron chi connectivity index (χ1n) is 7.92. The van der Waals surface area contributed by atoms with E-state index < -0.39 is 0 Å². The second-order valence-corrected chi connectivity index (χ2v) is 5.47. The molecule has 0 atom stereocenters. The Morgan fingerprint density at radius 1 is 0.708 bits per heavy atom. The number of nitrogens with two attached hydrogens (primary N) is 1. The van der Waals surface area contributed by atoms with Gasteiger partial charge in [-0.05, 0) is 35.7 Å². The van der Waals surface area contributed by atoms with Gasteiger partial charge in [0.1, 0.15) is 12.4 Å². The van der Waals surface area contributed by atoms with E-state index >= 15 is 0 Å². The molecule has 3 aromatic carbocycles. The van der Waals surface area contributed by atoms with Gasteiger partial charge >= 0.3 is 0 Å². The van der Waals surface area contributed by atoms with Gasteiger partial charge in [-0.25, -0.2) is 0 Å². The Kier molecular flexibility index (Phi) is 6.86. The van der Waals surface area contributed by atoms with E-state index in [4.69, 9.17) is 10.5 Å². The fourth-order valence-corrected chi connectivity index (χ4v) is 2.71. The fourth-order valence-electron chi connectivity index (χ4n) is 2.71. The molecule has 24 heavy (non-hydrogen) atoms. The molecule has 3 heteroatoms. The topological polar surface area (TPSA) is 35.2 Å². The molecule has 2 N–H and O–H groups in total. The first-order valence-corrected chi connectivity index (χ1v) is 7.92. The van der Waals surface area contributed by atoms with Crippen molar-refractivity contribution in [3.63, 3.8) is 0 Å². The standard InChI is InChI=1S/C21H21NO.ClH/c22-15-14-18-10-4-5-11-19(18)20-12-6-7-13-21(20)23-16-17-8-2-1-3-9-17;/h1-13H,14-16,22H2;1H. The van der Waals surface area contributed by atoms with E-state index in [9.17, 15) is 0 Å². The zero-order chi connectivity index (χ0) is 15.9. The summed E-state index contributed by atoms with van der Waals surface area (Å²) in [4.78, 5) is 0. The summed E-state index contributed by atoms with van der Waals surface area (Å²) in [7, 11) is 0. The number of para-hydroxylation sites is 1. The zero-order valence-electron chi connectivity index (χ0n) is 13.5. The molecule has 0 radical (unpaired) electrons. The summed E-state index contributed by atoms with van der Waals surface area (Å²) < 4.78 is 6.08. The van der Waals surface area contributed by atoms with Crippen LogP contribution >= 0.6 is 12.4 Å². The second kappa shape index (κ2) is 9.11. The summed E-state index contributed by atoms with van der Waals surface area (Å²) in [5, 5.41) is 0. The summed E-state index contributed by atoms with van der Waals surface area (Å²) in [6, 6.07) is 26.8. The van der Waals surface area contributed by atoms with Crippen LogP contribution < -0.4 is 10.5 Å². The normalized spacial score (nSPS) is 10.0. The van der Waals surface area contributed by atoms with Gasteiger partial charge in [0.25, 0.3) is 0 Å². The van der Waals surface area contributed by atoms with Crippen molar-refractivity contribution in [2.45, 2.75) is 13.0 Å². The number of hydrogen-bond acceptors (Lipinski definition) is 2. The Labute approximate surface area is 149 Å². The summed E-state index contributed by atoms with van der Waals surface area (Å²) in [5.41, 5.74) is 10.5. The number of rotatable bonds is 6. The average Bonchev–Trinajstić information content (AvgIpc) is 2.62. The molecule has 3 rings (SSSR count). The van der Waals surface area contributed by atoms with E-state index in [-0.39, 0.29) is 12.4 Å². The molecule has 0 saturated heterocycles. The monoisotopic (exact) mass is 339 g/mol. The third-order valence-corrected chi connectivity index (χ3v) is 3.85. The molecule has 124 valence electrons. The minimum atomic E-state index is 0. The van der Waals surface area contributed by atoms with E-state index in [2.05, 4.69) is 42.5 Å². The lowest BCUT2D eigenvalue weighted by Crippen LogP contribution is -2.04. The maximum Gasteiger partial charge on any atom is 0.127 e. The molecule has 0 spiro atoms. The van der Waals surface area contributed by atoms with Crippen LogP contribution in [0.3, 0.4) is 0 Å². The van der Waals surface area contributed by atoms with Crippen LogP contribution in [0.4, 0.5) is 0 Å². The Morgan fingerprint density at radius 3 is 2.08 bits per heavy atom. The Bertz CT molecular complexity index is 759. The largest absolute Gasteiger partial charge is 0.488 e. The first-order chi connectivity index (χ1) is 11.4. The quantitative estimate of drug-likeness (QED) is 0.696. The minimum Gasteiger partial charge on any atom is -0.488 e. The highest BCUT2D eigenvalue weighted by atomic mass is 35.5. The van der Waals surface area contributed by atoms with Crippen molar-refractivity contribution in [2.75, 3.05) is 6.54 Å². The van der Waals surface area contributed by atoms with Gasteiger partial charge in [0.05, 0.1) is 0 Å². The lowest BCUT2D eigenvalue weighted by Gasteiger charge is -2.14. The lowest BCUT2D eigenvalue weighted by atomic mass is 9.97. The maximum absolute atomic E-state index is 6.08. The summed E-state index contributed by atoms with van der Waals surface area (Å²) >= 11 is 0.